The standard InChI is InChI=1S/C23H22N2O6/c1-29-18(27)23-16(31-23)14-12-20(8-5-11-24)9-10-21(14)22(23,17(20)26)13-6-3-4-7-15(13)25(21)19(28)30-2/h3-4,6-7,14,16H,5,8-10,12H2,1-2H3/t14-,16?,20-,21-,22+,23?/m1/s1. The number of carbonyl (C=O) groups excluding carboxylic acids is 3. The number of anilines is 1. The van der Waals surface area contributed by atoms with Crippen molar-refractivity contribution >= 4 is 23.5 Å². The summed E-state index contributed by atoms with van der Waals surface area (Å²) in [6.07, 6.45) is 1.25. The number of nitrogens with zero attached hydrogens (tertiary/aromatic N) is 2. The van der Waals surface area contributed by atoms with Gasteiger partial charge in [-0.05, 0) is 37.3 Å². The molecule has 1 saturated heterocycles. The summed E-state index contributed by atoms with van der Waals surface area (Å²) in [6, 6.07) is 9.43. The second kappa shape index (κ2) is 5.46. The molecule has 160 valence electrons. The summed E-state index contributed by atoms with van der Waals surface area (Å²) in [7, 11) is 2.63. The number of amides is 1. The highest BCUT2D eigenvalue weighted by Gasteiger charge is 2.99. The highest BCUT2D eigenvalue weighted by atomic mass is 16.7. The molecule has 7 rings (SSSR count). The van der Waals surface area contributed by atoms with Crippen molar-refractivity contribution in [1.29, 1.82) is 5.26 Å². The zero-order chi connectivity index (χ0) is 21.8. The van der Waals surface area contributed by atoms with Crippen LogP contribution in [0.2, 0.25) is 0 Å². The number of methoxy groups -OCH3 is 2. The number of hydrogen-bond acceptors (Lipinski definition) is 7. The Hall–Kier alpha value is -2.92. The molecule has 4 bridgehead atoms. The van der Waals surface area contributed by atoms with E-state index in [-0.39, 0.29) is 18.1 Å². The lowest BCUT2D eigenvalue weighted by Crippen LogP contribution is -2.77. The normalized spacial score (nSPS) is 42.4. The van der Waals surface area contributed by atoms with Gasteiger partial charge in [-0.25, -0.2) is 9.59 Å². The van der Waals surface area contributed by atoms with Gasteiger partial charge in [0.1, 0.15) is 11.5 Å². The lowest BCUT2D eigenvalue weighted by Gasteiger charge is -2.62. The topological polar surface area (TPSA) is 109 Å². The average molecular weight is 422 g/mol. The number of ketones is 1. The number of para-hydroxylation sites is 1. The van der Waals surface area contributed by atoms with E-state index in [2.05, 4.69) is 6.07 Å². The summed E-state index contributed by atoms with van der Waals surface area (Å²) in [5, 5.41) is 9.25. The molecule has 2 unspecified atom stereocenters. The summed E-state index contributed by atoms with van der Waals surface area (Å²) in [6.45, 7) is 0. The highest BCUT2D eigenvalue weighted by molar-refractivity contribution is 6.14. The number of rotatable bonds is 3. The molecule has 5 fully saturated rings. The smallest absolute Gasteiger partial charge is 0.414 e. The van der Waals surface area contributed by atoms with Crippen molar-refractivity contribution in [3.8, 4) is 6.07 Å². The molecule has 0 radical (unpaired) electrons. The van der Waals surface area contributed by atoms with Gasteiger partial charge in [0, 0.05) is 17.8 Å². The molecule has 4 saturated carbocycles. The third-order valence-corrected chi connectivity index (χ3v) is 8.77. The number of epoxide rings is 1. The largest absolute Gasteiger partial charge is 0.467 e. The molecule has 8 heteroatoms. The molecule has 1 spiro atoms. The van der Waals surface area contributed by atoms with Gasteiger partial charge in [0.15, 0.2) is 5.78 Å². The van der Waals surface area contributed by atoms with Crippen molar-refractivity contribution in [2.75, 3.05) is 19.1 Å². The van der Waals surface area contributed by atoms with Crippen LogP contribution in [0.1, 0.15) is 37.7 Å². The average Bonchev–Trinajstić information content (AvgIpc) is 3.44. The quantitative estimate of drug-likeness (QED) is 0.543. The fraction of sp³-hybridized carbons (Fsp3) is 0.565. The van der Waals surface area contributed by atoms with Crippen molar-refractivity contribution in [2.24, 2.45) is 11.3 Å². The first-order chi connectivity index (χ1) is 14.9. The molecule has 6 aliphatic rings. The first kappa shape index (κ1) is 18.8. The third-order valence-electron chi connectivity index (χ3n) is 8.77. The molecule has 1 aromatic carbocycles. The molecule has 0 aromatic heterocycles. The van der Waals surface area contributed by atoms with E-state index in [4.69, 9.17) is 14.2 Å². The second-order valence-electron chi connectivity index (χ2n) is 9.34. The van der Waals surface area contributed by atoms with Gasteiger partial charge in [0.25, 0.3) is 0 Å². The fourth-order valence-electron chi connectivity index (χ4n) is 7.91. The molecule has 1 aromatic rings. The summed E-state index contributed by atoms with van der Waals surface area (Å²) >= 11 is 0. The van der Waals surface area contributed by atoms with Gasteiger partial charge in [0.05, 0.1) is 31.5 Å². The maximum Gasteiger partial charge on any atom is 0.414 e. The molecule has 6 atom stereocenters. The van der Waals surface area contributed by atoms with Gasteiger partial charge < -0.3 is 14.2 Å². The van der Waals surface area contributed by atoms with Gasteiger partial charge in [-0.2, -0.15) is 5.26 Å². The minimum atomic E-state index is -1.45. The molecule has 0 N–H and O–H groups in total. The van der Waals surface area contributed by atoms with Gasteiger partial charge in [-0.1, -0.05) is 18.2 Å². The minimum absolute atomic E-state index is 0.0954. The number of nitriles is 1. The van der Waals surface area contributed by atoms with Crippen molar-refractivity contribution in [3.05, 3.63) is 29.8 Å². The van der Waals surface area contributed by atoms with E-state index < -0.39 is 40.1 Å². The summed E-state index contributed by atoms with van der Waals surface area (Å²) < 4.78 is 16.5. The number of esters is 1. The van der Waals surface area contributed by atoms with Crippen molar-refractivity contribution < 1.29 is 28.6 Å². The number of benzene rings is 1. The van der Waals surface area contributed by atoms with Gasteiger partial charge >= 0.3 is 12.1 Å². The van der Waals surface area contributed by atoms with E-state index in [1.807, 2.05) is 18.2 Å². The molecule has 4 aliphatic carbocycles. The molecular formula is C23H22N2O6. The molecular weight excluding hydrogens is 400 g/mol. The van der Waals surface area contributed by atoms with Crippen LogP contribution >= 0.6 is 0 Å². The molecule has 31 heavy (non-hydrogen) atoms. The Kier molecular flexibility index (Phi) is 3.31. The van der Waals surface area contributed by atoms with Crippen LogP contribution in [-0.2, 0) is 29.2 Å². The van der Waals surface area contributed by atoms with Crippen LogP contribution in [0.3, 0.4) is 0 Å². The molecule has 8 nitrogen and oxygen atoms in total. The number of fused-ring (bicyclic) bond motifs is 3. The maximum absolute atomic E-state index is 14.6. The SMILES string of the molecule is COC(=O)N1c2ccccc2[C@]23C(=O)[C@]4(CCC#N)CC[C@]12[C@H](C4)C1OC13C(=O)OC. The summed E-state index contributed by atoms with van der Waals surface area (Å²) in [5.74, 6) is -0.900. The highest BCUT2D eigenvalue weighted by Crippen LogP contribution is 2.83. The van der Waals surface area contributed by atoms with E-state index >= 15 is 0 Å². The Labute approximate surface area is 179 Å². The van der Waals surface area contributed by atoms with E-state index in [0.717, 1.165) is 0 Å². The van der Waals surface area contributed by atoms with E-state index in [9.17, 15) is 19.6 Å². The lowest BCUT2D eigenvalue weighted by atomic mass is 9.42. The van der Waals surface area contributed by atoms with Crippen LogP contribution in [0.25, 0.3) is 0 Å². The Balaban J connectivity index is 1.70. The number of hydrogen-bond donors (Lipinski definition) is 0. The van der Waals surface area contributed by atoms with E-state index in [0.29, 0.717) is 36.9 Å². The zero-order valence-electron chi connectivity index (χ0n) is 17.3. The number of carbonyl (C=O) groups is 3. The van der Waals surface area contributed by atoms with E-state index in [1.54, 1.807) is 11.0 Å². The third kappa shape index (κ3) is 1.57. The Morgan fingerprint density at radius 3 is 2.74 bits per heavy atom. The predicted molar refractivity (Wildman–Crippen MR) is 105 cm³/mol. The molecule has 1 amide bonds. The second-order valence-corrected chi connectivity index (χ2v) is 9.34. The minimum Gasteiger partial charge on any atom is -0.467 e. The van der Waals surface area contributed by atoms with Crippen LogP contribution in [0.4, 0.5) is 10.5 Å². The fourth-order valence-corrected chi connectivity index (χ4v) is 7.91. The maximum atomic E-state index is 14.6. The number of Topliss-reactive ketones (excluding diaryl/α,β-unsaturated/α-hetero) is 1. The van der Waals surface area contributed by atoms with Crippen LogP contribution in [0.5, 0.6) is 0 Å². The first-order valence-corrected chi connectivity index (χ1v) is 10.6. The Morgan fingerprint density at radius 2 is 2.03 bits per heavy atom. The predicted octanol–water partition coefficient (Wildman–Crippen LogP) is 2.25. The van der Waals surface area contributed by atoms with Gasteiger partial charge in [-0.15, -0.1) is 0 Å². The summed E-state index contributed by atoms with van der Waals surface area (Å²) in [5.41, 5.74) is -3.24. The van der Waals surface area contributed by atoms with Crippen molar-refractivity contribution in [1.82, 2.24) is 0 Å². The van der Waals surface area contributed by atoms with Gasteiger partial charge in [0.2, 0.25) is 5.60 Å². The summed E-state index contributed by atoms with van der Waals surface area (Å²) in [4.78, 5) is 42.6. The van der Waals surface area contributed by atoms with E-state index in [1.165, 1.54) is 14.2 Å². The van der Waals surface area contributed by atoms with Gasteiger partial charge in [-0.3, -0.25) is 9.69 Å². The van der Waals surface area contributed by atoms with Crippen LogP contribution in [0.15, 0.2) is 24.3 Å². The molecule has 2 heterocycles. The first-order valence-electron chi connectivity index (χ1n) is 10.6. The van der Waals surface area contributed by atoms with Crippen LogP contribution < -0.4 is 4.90 Å². The Bertz CT molecular complexity index is 1110. The lowest BCUT2D eigenvalue weighted by molar-refractivity contribution is -0.171. The Morgan fingerprint density at radius 1 is 1.26 bits per heavy atom. The zero-order valence-corrected chi connectivity index (χ0v) is 17.3. The molecule has 2 aliphatic heterocycles. The van der Waals surface area contributed by atoms with Crippen molar-refractivity contribution in [3.63, 3.8) is 0 Å². The van der Waals surface area contributed by atoms with Crippen LogP contribution in [-0.4, -0.2) is 49.3 Å². The van der Waals surface area contributed by atoms with Crippen molar-refractivity contribution in [2.45, 2.75) is 54.8 Å². The van der Waals surface area contributed by atoms with Crippen LogP contribution in [0, 0.1) is 22.7 Å². The monoisotopic (exact) mass is 422 g/mol. The number of ether oxygens (including phenoxy) is 3.